The molecule has 0 aliphatic heterocycles. The van der Waals surface area contributed by atoms with Crippen molar-refractivity contribution in [3.63, 3.8) is 0 Å². The molecule has 0 radical (unpaired) electrons. The summed E-state index contributed by atoms with van der Waals surface area (Å²) in [6.45, 7) is 4.98. The van der Waals surface area contributed by atoms with Gasteiger partial charge in [-0.15, -0.1) is 0 Å². The third kappa shape index (κ3) is 3.61. The van der Waals surface area contributed by atoms with E-state index in [-0.39, 0.29) is 11.8 Å². The Morgan fingerprint density at radius 3 is 3.07 bits per heavy atom. The minimum atomic E-state index is -0.351. The van der Waals surface area contributed by atoms with E-state index in [0.717, 1.165) is 13.0 Å². The number of rotatable bonds is 6. The first-order valence-electron chi connectivity index (χ1n) is 5.08. The zero-order chi connectivity index (χ0) is 11.3. The van der Waals surface area contributed by atoms with Gasteiger partial charge in [0.1, 0.15) is 0 Å². The number of aryl methyl sites for hydroxylation is 1. The summed E-state index contributed by atoms with van der Waals surface area (Å²) in [7, 11) is 0. The zero-order valence-corrected chi connectivity index (χ0v) is 9.14. The molecule has 0 saturated heterocycles. The Morgan fingerprint density at radius 1 is 1.73 bits per heavy atom. The largest absolute Gasteiger partial charge is 0.489 e. The highest BCUT2D eigenvalue weighted by Crippen LogP contribution is 2.09. The first kappa shape index (κ1) is 11.6. The molecule has 0 fully saturated rings. The van der Waals surface area contributed by atoms with Gasteiger partial charge in [0, 0.05) is 6.54 Å². The Morgan fingerprint density at radius 2 is 2.47 bits per heavy atom. The van der Waals surface area contributed by atoms with Crippen LogP contribution in [-0.2, 0) is 11.3 Å². The molecule has 0 aliphatic rings. The van der Waals surface area contributed by atoms with Crippen LogP contribution >= 0.6 is 0 Å². The number of hydrogen-bond acceptors (Lipinski definition) is 3. The van der Waals surface area contributed by atoms with Crippen molar-refractivity contribution in [1.29, 1.82) is 0 Å². The van der Waals surface area contributed by atoms with Gasteiger partial charge in [0.25, 0.3) is 0 Å². The van der Waals surface area contributed by atoms with E-state index in [0.29, 0.717) is 12.4 Å². The molecule has 0 bridgehead atoms. The first-order chi connectivity index (χ1) is 7.13. The van der Waals surface area contributed by atoms with Crippen LogP contribution < -0.4 is 10.5 Å². The van der Waals surface area contributed by atoms with Crippen molar-refractivity contribution in [1.82, 2.24) is 9.78 Å². The van der Waals surface area contributed by atoms with Gasteiger partial charge in [-0.3, -0.25) is 9.48 Å². The van der Waals surface area contributed by atoms with Crippen LogP contribution in [0.15, 0.2) is 12.4 Å². The quantitative estimate of drug-likeness (QED) is 0.756. The van der Waals surface area contributed by atoms with Crippen LogP contribution in [0, 0.1) is 5.92 Å². The highest BCUT2D eigenvalue weighted by Gasteiger charge is 2.09. The monoisotopic (exact) mass is 211 g/mol. The summed E-state index contributed by atoms with van der Waals surface area (Å²) >= 11 is 0. The van der Waals surface area contributed by atoms with Crippen molar-refractivity contribution in [3.05, 3.63) is 12.4 Å². The molecule has 0 aliphatic carbocycles. The number of hydrogen-bond donors (Lipinski definition) is 1. The number of aromatic nitrogens is 2. The van der Waals surface area contributed by atoms with Gasteiger partial charge in [0.05, 0.1) is 24.9 Å². The molecule has 0 aromatic carbocycles. The van der Waals surface area contributed by atoms with Crippen molar-refractivity contribution in [2.75, 3.05) is 6.61 Å². The lowest BCUT2D eigenvalue weighted by atomic mass is 10.2. The molecular formula is C10H17N3O2. The van der Waals surface area contributed by atoms with Crippen molar-refractivity contribution in [2.45, 2.75) is 26.8 Å². The normalized spacial score (nSPS) is 12.4. The van der Waals surface area contributed by atoms with Crippen LogP contribution in [0.2, 0.25) is 0 Å². The number of nitrogens with two attached hydrogens (primary N) is 1. The van der Waals surface area contributed by atoms with E-state index in [2.05, 4.69) is 12.0 Å². The van der Waals surface area contributed by atoms with Crippen LogP contribution in [0.1, 0.15) is 20.3 Å². The Kier molecular flexibility index (Phi) is 4.15. The fourth-order valence-electron chi connectivity index (χ4n) is 1.07. The van der Waals surface area contributed by atoms with E-state index in [1.54, 1.807) is 13.1 Å². The lowest BCUT2D eigenvalue weighted by Gasteiger charge is -2.07. The molecule has 5 heteroatoms. The molecule has 2 N–H and O–H groups in total. The molecule has 1 aromatic heterocycles. The summed E-state index contributed by atoms with van der Waals surface area (Å²) < 4.78 is 7.18. The van der Waals surface area contributed by atoms with Crippen molar-refractivity contribution in [3.8, 4) is 5.75 Å². The van der Waals surface area contributed by atoms with Gasteiger partial charge in [-0.2, -0.15) is 5.10 Å². The molecule has 1 unspecified atom stereocenters. The van der Waals surface area contributed by atoms with Crippen LogP contribution in [0.5, 0.6) is 5.75 Å². The van der Waals surface area contributed by atoms with E-state index >= 15 is 0 Å². The number of nitrogens with zero attached hydrogens (tertiary/aromatic N) is 2. The van der Waals surface area contributed by atoms with Gasteiger partial charge in [-0.05, 0) is 6.42 Å². The van der Waals surface area contributed by atoms with Crippen LogP contribution in [-0.4, -0.2) is 22.3 Å². The summed E-state index contributed by atoms with van der Waals surface area (Å²) in [5.41, 5.74) is 5.11. The van der Waals surface area contributed by atoms with Crippen molar-refractivity contribution in [2.24, 2.45) is 11.7 Å². The molecule has 0 saturated carbocycles. The second kappa shape index (κ2) is 5.38. The second-order valence-electron chi connectivity index (χ2n) is 3.55. The minimum Gasteiger partial charge on any atom is -0.489 e. The Labute approximate surface area is 89.2 Å². The summed E-state index contributed by atoms with van der Waals surface area (Å²) in [6.07, 6.45) is 4.49. The summed E-state index contributed by atoms with van der Waals surface area (Å²) in [5, 5.41) is 4.10. The molecule has 1 aromatic rings. The highest BCUT2D eigenvalue weighted by molar-refractivity contribution is 5.76. The molecular weight excluding hydrogens is 194 g/mol. The van der Waals surface area contributed by atoms with Crippen molar-refractivity contribution >= 4 is 5.91 Å². The third-order valence-electron chi connectivity index (χ3n) is 2.05. The number of carbonyl (C=O) groups is 1. The smallest absolute Gasteiger partial charge is 0.223 e. The predicted molar refractivity (Wildman–Crippen MR) is 56.4 cm³/mol. The zero-order valence-electron chi connectivity index (χ0n) is 9.14. The first-order valence-corrected chi connectivity index (χ1v) is 5.08. The SMILES string of the molecule is CCCn1cc(OCC(C)C(N)=O)cn1. The van der Waals surface area contributed by atoms with Gasteiger partial charge < -0.3 is 10.5 Å². The Bertz CT molecular complexity index is 322. The Hall–Kier alpha value is -1.52. The maximum atomic E-state index is 10.7. The standard InChI is InChI=1S/C10H17N3O2/c1-3-4-13-6-9(5-12-13)15-7-8(2)10(11)14/h5-6,8H,3-4,7H2,1-2H3,(H2,11,14). The summed E-state index contributed by atoms with van der Waals surface area (Å²) in [4.78, 5) is 10.7. The second-order valence-corrected chi connectivity index (χ2v) is 3.55. The van der Waals surface area contributed by atoms with E-state index in [1.807, 2.05) is 10.9 Å². The fraction of sp³-hybridized carbons (Fsp3) is 0.600. The minimum absolute atomic E-state index is 0.278. The topological polar surface area (TPSA) is 70.1 Å². The molecule has 1 atom stereocenters. The lowest BCUT2D eigenvalue weighted by Crippen LogP contribution is -2.25. The van der Waals surface area contributed by atoms with Crippen LogP contribution in [0.25, 0.3) is 0 Å². The molecule has 1 amide bonds. The average Bonchev–Trinajstić information content (AvgIpc) is 2.62. The van der Waals surface area contributed by atoms with Crippen molar-refractivity contribution < 1.29 is 9.53 Å². The lowest BCUT2D eigenvalue weighted by molar-refractivity contribution is -0.122. The van der Waals surface area contributed by atoms with Gasteiger partial charge >= 0.3 is 0 Å². The molecule has 1 rings (SSSR count). The number of amides is 1. The van der Waals surface area contributed by atoms with Gasteiger partial charge in [-0.25, -0.2) is 0 Å². The summed E-state index contributed by atoms with van der Waals surface area (Å²) in [5.74, 6) is 0.0482. The maximum Gasteiger partial charge on any atom is 0.223 e. The molecule has 5 nitrogen and oxygen atoms in total. The molecule has 84 valence electrons. The average molecular weight is 211 g/mol. The molecule has 0 spiro atoms. The van der Waals surface area contributed by atoms with Gasteiger partial charge in [-0.1, -0.05) is 13.8 Å². The third-order valence-corrected chi connectivity index (χ3v) is 2.05. The summed E-state index contributed by atoms with van der Waals surface area (Å²) in [6, 6.07) is 0. The maximum absolute atomic E-state index is 10.7. The number of primary amides is 1. The van der Waals surface area contributed by atoms with E-state index < -0.39 is 0 Å². The predicted octanol–water partition coefficient (Wildman–Crippen LogP) is 0.793. The van der Waals surface area contributed by atoms with Crippen LogP contribution in [0.3, 0.4) is 0 Å². The van der Waals surface area contributed by atoms with E-state index in [1.165, 1.54) is 0 Å². The number of ether oxygens (including phenoxy) is 1. The number of carbonyl (C=O) groups excluding carboxylic acids is 1. The van der Waals surface area contributed by atoms with E-state index in [4.69, 9.17) is 10.5 Å². The molecule has 15 heavy (non-hydrogen) atoms. The Balaban J connectivity index is 2.40. The fourth-order valence-corrected chi connectivity index (χ4v) is 1.07. The highest BCUT2D eigenvalue weighted by atomic mass is 16.5. The molecule has 1 heterocycles. The van der Waals surface area contributed by atoms with Gasteiger partial charge in [0.15, 0.2) is 5.75 Å². The van der Waals surface area contributed by atoms with Gasteiger partial charge in [0.2, 0.25) is 5.91 Å². The van der Waals surface area contributed by atoms with E-state index in [9.17, 15) is 4.79 Å². The van der Waals surface area contributed by atoms with Crippen LogP contribution in [0.4, 0.5) is 0 Å².